The van der Waals surface area contributed by atoms with Gasteiger partial charge in [0.05, 0.1) is 20.3 Å². The van der Waals surface area contributed by atoms with Gasteiger partial charge in [-0.15, -0.1) is 0 Å². The van der Waals surface area contributed by atoms with Crippen LogP contribution in [0.15, 0.2) is 48.5 Å². The van der Waals surface area contributed by atoms with Crippen LogP contribution in [0.2, 0.25) is 0 Å². The Morgan fingerprint density at radius 1 is 0.929 bits per heavy atom. The smallest absolute Gasteiger partial charge is 0.269 e. The number of rotatable bonds is 10. The van der Waals surface area contributed by atoms with E-state index in [1.54, 1.807) is 18.2 Å². The second-order valence-electron chi connectivity index (χ2n) is 5.98. The zero-order chi connectivity index (χ0) is 20.2. The van der Waals surface area contributed by atoms with Crippen LogP contribution >= 0.6 is 0 Å². The fourth-order valence-electron chi connectivity index (χ4n) is 2.34. The van der Waals surface area contributed by atoms with Crippen molar-refractivity contribution < 1.29 is 23.8 Å². The highest BCUT2D eigenvalue weighted by Gasteiger charge is 2.12. The molecule has 7 nitrogen and oxygen atoms in total. The van der Waals surface area contributed by atoms with Crippen molar-refractivity contribution in [1.29, 1.82) is 0 Å². The second-order valence-corrected chi connectivity index (χ2v) is 5.98. The van der Waals surface area contributed by atoms with Gasteiger partial charge in [-0.05, 0) is 43.2 Å². The molecular formula is C21H26N2O5. The third kappa shape index (κ3) is 6.83. The molecule has 0 atom stereocenters. The van der Waals surface area contributed by atoms with E-state index in [0.717, 1.165) is 12.2 Å². The minimum absolute atomic E-state index is 0.236. The van der Waals surface area contributed by atoms with Crippen molar-refractivity contribution in [2.24, 2.45) is 0 Å². The van der Waals surface area contributed by atoms with Gasteiger partial charge in [0, 0.05) is 12.0 Å². The lowest BCUT2D eigenvalue weighted by atomic mass is 10.2. The first kappa shape index (κ1) is 21.1. The molecule has 0 heterocycles. The number of methoxy groups -OCH3 is 1. The van der Waals surface area contributed by atoms with Crippen molar-refractivity contribution in [2.45, 2.75) is 26.2 Å². The molecule has 2 rings (SSSR count). The van der Waals surface area contributed by atoms with E-state index >= 15 is 0 Å². The van der Waals surface area contributed by atoms with Crippen LogP contribution in [-0.4, -0.2) is 32.1 Å². The number of ether oxygens (including phenoxy) is 3. The van der Waals surface area contributed by atoms with Gasteiger partial charge in [-0.1, -0.05) is 25.1 Å². The molecule has 2 amide bonds. The van der Waals surface area contributed by atoms with Crippen molar-refractivity contribution >= 4 is 11.8 Å². The molecule has 0 fully saturated rings. The quantitative estimate of drug-likeness (QED) is 0.484. The molecular weight excluding hydrogens is 360 g/mol. The van der Waals surface area contributed by atoms with Crippen LogP contribution in [0, 0.1) is 0 Å². The number of hydrogen-bond donors (Lipinski definition) is 2. The third-order valence-corrected chi connectivity index (χ3v) is 3.76. The number of nitrogens with one attached hydrogen (secondary N) is 2. The number of carbonyl (C=O) groups is 2. The summed E-state index contributed by atoms with van der Waals surface area (Å²) in [5.74, 6) is 1.07. The highest BCUT2D eigenvalue weighted by molar-refractivity contribution is 5.96. The van der Waals surface area contributed by atoms with Gasteiger partial charge >= 0.3 is 0 Å². The molecule has 28 heavy (non-hydrogen) atoms. The van der Waals surface area contributed by atoms with E-state index in [-0.39, 0.29) is 12.3 Å². The summed E-state index contributed by atoms with van der Waals surface area (Å²) >= 11 is 0. The minimum atomic E-state index is -0.436. The second kappa shape index (κ2) is 11.5. The molecule has 150 valence electrons. The number of amides is 2. The molecule has 0 aromatic heterocycles. The molecule has 2 N–H and O–H groups in total. The lowest BCUT2D eigenvalue weighted by Gasteiger charge is -2.12. The monoisotopic (exact) mass is 386 g/mol. The Bertz CT molecular complexity index is 765. The minimum Gasteiger partial charge on any atom is -0.494 e. The maximum atomic E-state index is 12.2. The molecule has 0 unspecified atom stereocenters. The Morgan fingerprint density at radius 2 is 1.71 bits per heavy atom. The first-order valence-corrected chi connectivity index (χ1v) is 9.22. The SMILES string of the molecule is CCCOc1ccc(C(=O)NNC(=O)CCCOc2ccccc2)cc1OC. The molecule has 0 saturated carbocycles. The van der Waals surface area contributed by atoms with E-state index in [1.165, 1.54) is 7.11 Å². The summed E-state index contributed by atoms with van der Waals surface area (Å²) in [6, 6.07) is 14.2. The van der Waals surface area contributed by atoms with Crippen molar-refractivity contribution in [3.05, 3.63) is 54.1 Å². The van der Waals surface area contributed by atoms with Crippen LogP contribution in [0.5, 0.6) is 17.2 Å². The average molecular weight is 386 g/mol. The number of para-hydroxylation sites is 1. The number of carbonyl (C=O) groups excluding carboxylic acids is 2. The highest BCUT2D eigenvalue weighted by Crippen LogP contribution is 2.28. The molecule has 7 heteroatoms. The van der Waals surface area contributed by atoms with Gasteiger partial charge in [0.15, 0.2) is 11.5 Å². The molecule has 0 aliphatic rings. The van der Waals surface area contributed by atoms with Gasteiger partial charge in [-0.25, -0.2) is 0 Å². The molecule has 0 radical (unpaired) electrons. The first-order chi connectivity index (χ1) is 13.6. The van der Waals surface area contributed by atoms with Gasteiger partial charge in [0.25, 0.3) is 5.91 Å². The number of benzene rings is 2. The van der Waals surface area contributed by atoms with Crippen LogP contribution in [-0.2, 0) is 4.79 Å². The maximum absolute atomic E-state index is 12.2. The highest BCUT2D eigenvalue weighted by atomic mass is 16.5. The summed E-state index contributed by atoms with van der Waals surface area (Å²) in [4.78, 5) is 24.1. The summed E-state index contributed by atoms with van der Waals surface area (Å²) in [6.07, 6.45) is 1.64. The lowest BCUT2D eigenvalue weighted by molar-refractivity contribution is -0.122. The van der Waals surface area contributed by atoms with E-state index < -0.39 is 5.91 Å². The van der Waals surface area contributed by atoms with Crippen LogP contribution in [0.25, 0.3) is 0 Å². The summed E-state index contributed by atoms with van der Waals surface area (Å²) in [5, 5.41) is 0. The largest absolute Gasteiger partial charge is 0.494 e. The standard InChI is InChI=1S/C21H26N2O5/c1-3-13-28-18-12-11-16(15-19(18)26-2)21(25)23-22-20(24)10-7-14-27-17-8-5-4-6-9-17/h4-6,8-9,11-12,15H,3,7,10,13-14H2,1-2H3,(H,22,24)(H,23,25). The van der Waals surface area contributed by atoms with Crippen molar-refractivity contribution in [2.75, 3.05) is 20.3 Å². The summed E-state index contributed by atoms with van der Waals surface area (Å²) in [7, 11) is 1.51. The maximum Gasteiger partial charge on any atom is 0.269 e. The summed E-state index contributed by atoms with van der Waals surface area (Å²) in [5.41, 5.74) is 5.15. The Hall–Kier alpha value is -3.22. The number of hydrazine groups is 1. The Morgan fingerprint density at radius 3 is 2.43 bits per heavy atom. The normalized spacial score (nSPS) is 10.1. The van der Waals surface area contributed by atoms with Gasteiger partial charge < -0.3 is 14.2 Å². The molecule has 0 saturated heterocycles. The predicted molar refractivity (Wildman–Crippen MR) is 106 cm³/mol. The predicted octanol–water partition coefficient (Wildman–Crippen LogP) is 3.10. The zero-order valence-corrected chi connectivity index (χ0v) is 16.2. The van der Waals surface area contributed by atoms with Crippen molar-refractivity contribution in [3.8, 4) is 17.2 Å². The summed E-state index contributed by atoms with van der Waals surface area (Å²) < 4.78 is 16.3. The van der Waals surface area contributed by atoms with E-state index in [0.29, 0.717) is 36.7 Å². The van der Waals surface area contributed by atoms with Crippen molar-refractivity contribution in [3.63, 3.8) is 0 Å². The van der Waals surface area contributed by atoms with E-state index in [9.17, 15) is 9.59 Å². The van der Waals surface area contributed by atoms with Gasteiger partial charge in [0.2, 0.25) is 5.91 Å². The Kier molecular flexibility index (Phi) is 8.65. The van der Waals surface area contributed by atoms with Gasteiger partial charge in [-0.3, -0.25) is 20.4 Å². The van der Waals surface area contributed by atoms with Crippen LogP contribution < -0.4 is 25.1 Å². The lowest BCUT2D eigenvalue weighted by Crippen LogP contribution is -2.41. The van der Waals surface area contributed by atoms with Gasteiger partial charge in [0.1, 0.15) is 5.75 Å². The molecule has 0 bridgehead atoms. The van der Waals surface area contributed by atoms with Crippen LogP contribution in [0.1, 0.15) is 36.5 Å². The fraction of sp³-hybridized carbons (Fsp3) is 0.333. The van der Waals surface area contributed by atoms with Gasteiger partial charge in [-0.2, -0.15) is 0 Å². The van der Waals surface area contributed by atoms with E-state index in [4.69, 9.17) is 14.2 Å². The molecule has 2 aromatic carbocycles. The summed E-state index contributed by atoms with van der Waals surface area (Å²) in [6.45, 7) is 2.98. The fourth-order valence-corrected chi connectivity index (χ4v) is 2.34. The molecule has 2 aromatic rings. The zero-order valence-electron chi connectivity index (χ0n) is 16.2. The Balaban J connectivity index is 1.74. The van der Waals surface area contributed by atoms with Crippen LogP contribution in [0.4, 0.5) is 0 Å². The van der Waals surface area contributed by atoms with E-state index in [2.05, 4.69) is 10.9 Å². The molecule has 0 aliphatic heterocycles. The van der Waals surface area contributed by atoms with Crippen molar-refractivity contribution in [1.82, 2.24) is 10.9 Å². The molecule has 0 spiro atoms. The average Bonchev–Trinajstić information content (AvgIpc) is 2.74. The number of hydrogen-bond acceptors (Lipinski definition) is 5. The topological polar surface area (TPSA) is 85.9 Å². The molecule has 0 aliphatic carbocycles. The Labute approximate surface area is 165 Å². The first-order valence-electron chi connectivity index (χ1n) is 9.22. The van der Waals surface area contributed by atoms with Crippen LogP contribution in [0.3, 0.4) is 0 Å². The van der Waals surface area contributed by atoms with E-state index in [1.807, 2.05) is 37.3 Å². The third-order valence-electron chi connectivity index (χ3n) is 3.76.